The summed E-state index contributed by atoms with van der Waals surface area (Å²) in [6, 6.07) is 3.26. The lowest BCUT2D eigenvalue weighted by Crippen LogP contribution is -2.40. The first-order valence-corrected chi connectivity index (χ1v) is 6.59. The Morgan fingerprint density at radius 1 is 1.33 bits per heavy atom. The quantitative estimate of drug-likeness (QED) is 0.488. The fraction of sp³-hybridized carbons (Fsp3) is 0.400. The van der Waals surface area contributed by atoms with Crippen LogP contribution in [0.4, 0.5) is 11.4 Å². The number of nitrogens with two attached hydrogens (primary N) is 1. The van der Waals surface area contributed by atoms with Gasteiger partial charge in [-0.25, -0.2) is 13.1 Å². The monoisotopic (exact) mass is 273 g/mol. The number of nitrogen functional groups attached to an aromatic ring is 1. The number of anilines is 1. The summed E-state index contributed by atoms with van der Waals surface area (Å²) in [5, 5.41) is 10.5. The molecule has 0 aromatic heterocycles. The van der Waals surface area contributed by atoms with Crippen LogP contribution in [-0.2, 0) is 10.0 Å². The first-order valence-electron chi connectivity index (χ1n) is 5.11. The Labute approximate surface area is 105 Å². The molecular formula is C10H15N3O4S. The molecule has 1 rings (SSSR count). The molecule has 0 aliphatic rings. The van der Waals surface area contributed by atoms with E-state index in [0.717, 1.165) is 18.2 Å². The lowest BCUT2D eigenvalue weighted by Gasteiger charge is -2.20. The molecule has 3 N–H and O–H groups in total. The lowest BCUT2D eigenvalue weighted by molar-refractivity contribution is -0.384. The molecule has 18 heavy (non-hydrogen) atoms. The molecule has 0 atom stereocenters. The number of sulfonamides is 1. The molecule has 0 radical (unpaired) electrons. The highest BCUT2D eigenvalue weighted by Crippen LogP contribution is 2.24. The number of benzene rings is 1. The van der Waals surface area contributed by atoms with Crippen molar-refractivity contribution in [1.29, 1.82) is 0 Å². The fourth-order valence-electron chi connectivity index (χ4n) is 1.35. The predicted molar refractivity (Wildman–Crippen MR) is 67.6 cm³/mol. The van der Waals surface area contributed by atoms with E-state index in [2.05, 4.69) is 4.72 Å². The summed E-state index contributed by atoms with van der Waals surface area (Å²) in [4.78, 5) is 9.73. The molecular weight excluding hydrogens is 258 g/mol. The molecule has 0 spiro atoms. The van der Waals surface area contributed by atoms with Gasteiger partial charge in [0, 0.05) is 17.7 Å². The van der Waals surface area contributed by atoms with Crippen molar-refractivity contribution in [3.63, 3.8) is 0 Å². The minimum Gasteiger partial charge on any atom is -0.397 e. The zero-order chi connectivity index (χ0) is 14.1. The number of hydrogen-bond donors (Lipinski definition) is 2. The standard InChI is InChI=1S/C10H15N3O4S/c1-10(2,3)12-18(16,17)9-5-4-7(13(14)15)6-8(9)11/h4-6,12H,11H2,1-3H3. The van der Waals surface area contributed by atoms with Crippen LogP contribution in [0.25, 0.3) is 0 Å². The summed E-state index contributed by atoms with van der Waals surface area (Å²) < 4.78 is 26.4. The van der Waals surface area contributed by atoms with Gasteiger partial charge in [-0.15, -0.1) is 0 Å². The Hall–Kier alpha value is -1.67. The van der Waals surface area contributed by atoms with Crippen LogP contribution < -0.4 is 10.5 Å². The van der Waals surface area contributed by atoms with Crippen molar-refractivity contribution >= 4 is 21.4 Å². The molecule has 0 unspecified atom stereocenters. The van der Waals surface area contributed by atoms with E-state index in [-0.39, 0.29) is 16.3 Å². The van der Waals surface area contributed by atoms with Crippen LogP contribution in [0.1, 0.15) is 20.8 Å². The number of non-ortho nitro benzene ring substituents is 1. The van der Waals surface area contributed by atoms with Gasteiger partial charge in [-0.2, -0.15) is 0 Å². The second-order valence-corrected chi connectivity index (χ2v) is 6.49. The van der Waals surface area contributed by atoms with E-state index in [1.54, 1.807) is 20.8 Å². The smallest absolute Gasteiger partial charge is 0.271 e. The maximum Gasteiger partial charge on any atom is 0.271 e. The molecule has 0 amide bonds. The van der Waals surface area contributed by atoms with Gasteiger partial charge in [-0.1, -0.05) is 0 Å². The lowest BCUT2D eigenvalue weighted by atomic mass is 10.1. The molecule has 7 nitrogen and oxygen atoms in total. The maximum atomic E-state index is 12.0. The van der Waals surface area contributed by atoms with Crippen molar-refractivity contribution < 1.29 is 13.3 Å². The fourth-order valence-corrected chi connectivity index (χ4v) is 2.88. The largest absolute Gasteiger partial charge is 0.397 e. The van der Waals surface area contributed by atoms with Crippen molar-refractivity contribution in [2.75, 3.05) is 5.73 Å². The molecule has 0 aliphatic carbocycles. The average Bonchev–Trinajstić information content (AvgIpc) is 2.12. The normalized spacial score (nSPS) is 12.4. The van der Waals surface area contributed by atoms with E-state index in [9.17, 15) is 18.5 Å². The van der Waals surface area contributed by atoms with Crippen molar-refractivity contribution in [3.05, 3.63) is 28.3 Å². The van der Waals surface area contributed by atoms with Crippen molar-refractivity contribution in [2.24, 2.45) is 0 Å². The number of nitrogens with zero attached hydrogens (tertiary/aromatic N) is 1. The molecule has 0 fully saturated rings. The van der Waals surface area contributed by atoms with Gasteiger partial charge in [0.2, 0.25) is 10.0 Å². The molecule has 1 aromatic carbocycles. The van der Waals surface area contributed by atoms with Gasteiger partial charge in [-0.05, 0) is 26.8 Å². The zero-order valence-corrected chi connectivity index (χ0v) is 11.1. The summed E-state index contributed by atoms with van der Waals surface area (Å²) in [7, 11) is -3.79. The highest BCUT2D eigenvalue weighted by molar-refractivity contribution is 7.89. The van der Waals surface area contributed by atoms with E-state index >= 15 is 0 Å². The minimum atomic E-state index is -3.79. The van der Waals surface area contributed by atoms with Crippen LogP contribution in [0.2, 0.25) is 0 Å². The molecule has 100 valence electrons. The maximum absolute atomic E-state index is 12.0. The summed E-state index contributed by atoms with van der Waals surface area (Å²) in [6.45, 7) is 5.06. The summed E-state index contributed by atoms with van der Waals surface area (Å²) in [5.41, 5.74) is 4.48. The van der Waals surface area contributed by atoms with Gasteiger partial charge >= 0.3 is 0 Å². The second-order valence-electron chi connectivity index (χ2n) is 4.83. The molecule has 8 heteroatoms. The van der Waals surface area contributed by atoms with E-state index in [1.807, 2.05) is 0 Å². The van der Waals surface area contributed by atoms with E-state index in [0.29, 0.717) is 0 Å². The number of nitrogens with one attached hydrogen (secondary N) is 1. The molecule has 0 bridgehead atoms. The molecule has 0 heterocycles. The Morgan fingerprint density at radius 2 is 1.89 bits per heavy atom. The summed E-state index contributed by atoms with van der Waals surface area (Å²) in [5.74, 6) is 0. The topological polar surface area (TPSA) is 115 Å². The number of rotatable bonds is 3. The van der Waals surface area contributed by atoms with Crippen molar-refractivity contribution in [1.82, 2.24) is 4.72 Å². The Kier molecular flexibility index (Phi) is 3.63. The summed E-state index contributed by atoms with van der Waals surface area (Å²) >= 11 is 0. The third-order valence-corrected chi connectivity index (χ3v) is 3.77. The number of nitro benzene ring substituents is 1. The summed E-state index contributed by atoms with van der Waals surface area (Å²) in [6.07, 6.45) is 0. The second kappa shape index (κ2) is 4.54. The van der Waals surface area contributed by atoms with Crippen LogP contribution >= 0.6 is 0 Å². The van der Waals surface area contributed by atoms with Crippen molar-refractivity contribution in [3.8, 4) is 0 Å². The first kappa shape index (κ1) is 14.4. The van der Waals surface area contributed by atoms with E-state index < -0.39 is 20.5 Å². The Morgan fingerprint density at radius 3 is 2.28 bits per heavy atom. The number of hydrogen-bond acceptors (Lipinski definition) is 5. The van der Waals surface area contributed by atoms with E-state index in [4.69, 9.17) is 5.73 Å². The van der Waals surface area contributed by atoms with Gasteiger partial charge in [0.05, 0.1) is 10.6 Å². The first-order chi connectivity index (χ1) is 8.03. The molecule has 1 aromatic rings. The molecule has 0 saturated carbocycles. The van der Waals surface area contributed by atoms with Crippen LogP contribution in [0.5, 0.6) is 0 Å². The third kappa shape index (κ3) is 3.41. The third-order valence-electron chi connectivity index (χ3n) is 1.93. The number of nitro groups is 1. The van der Waals surface area contributed by atoms with Crippen LogP contribution in [-0.4, -0.2) is 18.9 Å². The van der Waals surface area contributed by atoms with Crippen LogP contribution in [0.15, 0.2) is 23.1 Å². The zero-order valence-electron chi connectivity index (χ0n) is 10.3. The highest BCUT2D eigenvalue weighted by atomic mass is 32.2. The van der Waals surface area contributed by atoms with Gasteiger partial charge < -0.3 is 5.73 Å². The molecule has 0 saturated heterocycles. The van der Waals surface area contributed by atoms with E-state index in [1.165, 1.54) is 0 Å². The minimum absolute atomic E-state index is 0.152. The van der Waals surface area contributed by atoms with Gasteiger partial charge in [0.1, 0.15) is 4.90 Å². The molecule has 0 aliphatic heterocycles. The Balaban J connectivity index is 3.23. The van der Waals surface area contributed by atoms with Crippen molar-refractivity contribution in [2.45, 2.75) is 31.2 Å². The van der Waals surface area contributed by atoms with Crippen LogP contribution in [0, 0.1) is 10.1 Å². The average molecular weight is 273 g/mol. The van der Waals surface area contributed by atoms with Gasteiger partial charge in [-0.3, -0.25) is 10.1 Å². The van der Waals surface area contributed by atoms with Crippen LogP contribution in [0.3, 0.4) is 0 Å². The van der Waals surface area contributed by atoms with Gasteiger partial charge in [0.15, 0.2) is 0 Å². The SMILES string of the molecule is CC(C)(C)NS(=O)(=O)c1ccc([N+](=O)[O-])cc1N. The Bertz CT molecular complexity index is 575. The highest BCUT2D eigenvalue weighted by Gasteiger charge is 2.25. The predicted octanol–water partition coefficient (Wildman–Crippen LogP) is 1.25. The van der Waals surface area contributed by atoms with Gasteiger partial charge in [0.25, 0.3) is 5.69 Å².